The van der Waals surface area contributed by atoms with Crippen molar-refractivity contribution in [1.29, 1.82) is 0 Å². The number of aliphatic hydroxyl groups is 1. The van der Waals surface area contributed by atoms with Gasteiger partial charge in [0.15, 0.2) is 0 Å². The van der Waals surface area contributed by atoms with Crippen LogP contribution in [0.4, 0.5) is 0 Å². The van der Waals surface area contributed by atoms with Gasteiger partial charge in [-0.3, -0.25) is 0 Å². The summed E-state index contributed by atoms with van der Waals surface area (Å²) in [4.78, 5) is 35.0. The third kappa shape index (κ3) is 10.4. The number of aldehydes is 3. The molecule has 0 aliphatic heterocycles. The highest BCUT2D eigenvalue weighted by Crippen LogP contribution is 2.15. The zero-order valence-electron chi connectivity index (χ0n) is 17.5. The average Bonchev–Trinajstić information content (AvgIpc) is 2.69. The number of nitrogens with two attached hydrogens (primary N) is 1. The molecule has 0 bridgehead atoms. The molecule has 0 unspecified atom stereocenters. The molecule has 164 valence electrons. The van der Waals surface area contributed by atoms with E-state index in [0.717, 1.165) is 38.3 Å². The molecule has 0 radical (unpaired) electrons. The van der Waals surface area contributed by atoms with Crippen LogP contribution < -0.4 is 16.6 Å². The van der Waals surface area contributed by atoms with E-state index < -0.39 is 24.7 Å². The van der Waals surface area contributed by atoms with Gasteiger partial charge in [-0.2, -0.15) is 10.2 Å². The summed E-state index contributed by atoms with van der Waals surface area (Å²) in [7, 11) is 0. The monoisotopic (exact) mass is 401 g/mol. The van der Waals surface area contributed by atoms with Gasteiger partial charge >= 0.3 is 0 Å². The second-order valence-corrected chi connectivity index (χ2v) is 7.33. The van der Waals surface area contributed by atoms with Gasteiger partial charge < -0.3 is 25.2 Å². The zero-order valence-corrected chi connectivity index (χ0v) is 17.5. The van der Waals surface area contributed by atoms with Crippen molar-refractivity contribution in [3.8, 4) is 0 Å². The molecule has 5 N–H and O–H groups in total. The first kappa shape index (κ1) is 26.8. The Hall–Kier alpha value is -1.23. The lowest BCUT2D eigenvalue weighted by Gasteiger charge is -2.42. The highest BCUT2D eigenvalue weighted by atomic mass is 16.3. The van der Waals surface area contributed by atoms with E-state index in [1.165, 1.54) is 5.12 Å². The highest BCUT2D eigenvalue weighted by Gasteiger charge is 2.31. The van der Waals surface area contributed by atoms with Crippen LogP contribution in [0, 0.1) is 5.92 Å². The minimum absolute atomic E-state index is 0.249. The van der Waals surface area contributed by atoms with E-state index in [9.17, 15) is 19.5 Å². The van der Waals surface area contributed by atoms with Gasteiger partial charge in [0.25, 0.3) is 0 Å². The SMILES string of the molecule is CCCCNN([C@H](C=O)CC(C)C)N(N[C@H](C=O)CO)[C@H](C=O)CCCCN. The number of unbranched alkanes of at least 4 members (excludes halogenated alkanes) is 2. The average molecular weight is 402 g/mol. The molecule has 0 aromatic rings. The predicted octanol–water partition coefficient (Wildman–Crippen LogP) is 0.185. The summed E-state index contributed by atoms with van der Waals surface area (Å²) in [6, 6.07) is -2.05. The normalized spacial score (nSPS) is 15.0. The van der Waals surface area contributed by atoms with Gasteiger partial charge in [0.2, 0.25) is 0 Å². The van der Waals surface area contributed by atoms with Crippen molar-refractivity contribution in [3.63, 3.8) is 0 Å². The van der Waals surface area contributed by atoms with Crippen molar-refractivity contribution in [3.05, 3.63) is 0 Å². The van der Waals surface area contributed by atoms with Crippen molar-refractivity contribution < 1.29 is 19.5 Å². The van der Waals surface area contributed by atoms with E-state index in [1.54, 1.807) is 5.12 Å². The first-order valence-corrected chi connectivity index (χ1v) is 10.2. The lowest BCUT2D eigenvalue weighted by Crippen LogP contribution is -2.67. The number of hydrogen-bond donors (Lipinski definition) is 4. The summed E-state index contributed by atoms with van der Waals surface area (Å²) in [5.41, 5.74) is 11.7. The third-order valence-corrected chi connectivity index (χ3v) is 4.30. The molecule has 0 aliphatic carbocycles. The highest BCUT2D eigenvalue weighted by molar-refractivity contribution is 5.60. The summed E-state index contributed by atoms with van der Waals surface area (Å²) >= 11 is 0. The Kier molecular flexibility index (Phi) is 16.0. The molecule has 0 spiro atoms. The van der Waals surface area contributed by atoms with Crippen LogP contribution in [0.2, 0.25) is 0 Å². The molecule has 0 saturated heterocycles. The zero-order chi connectivity index (χ0) is 21.4. The van der Waals surface area contributed by atoms with Crippen molar-refractivity contribution in [1.82, 2.24) is 21.1 Å². The fraction of sp³-hybridized carbons (Fsp3) is 0.842. The molecule has 0 amide bonds. The molecule has 0 aromatic carbocycles. The van der Waals surface area contributed by atoms with Crippen LogP contribution in [0.1, 0.15) is 59.3 Å². The summed E-state index contributed by atoms with van der Waals surface area (Å²) in [6.07, 6.45) is 6.61. The molecule has 28 heavy (non-hydrogen) atoms. The van der Waals surface area contributed by atoms with E-state index in [4.69, 9.17) is 5.73 Å². The van der Waals surface area contributed by atoms with Crippen molar-refractivity contribution in [2.75, 3.05) is 19.7 Å². The van der Waals surface area contributed by atoms with Crippen molar-refractivity contribution in [2.24, 2.45) is 11.7 Å². The molecule has 9 heteroatoms. The second-order valence-electron chi connectivity index (χ2n) is 7.33. The number of nitrogens with one attached hydrogen (secondary N) is 2. The maximum Gasteiger partial charge on any atom is 0.140 e. The van der Waals surface area contributed by atoms with Crippen LogP contribution in [0.15, 0.2) is 0 Å². The largest absolute Gasteiger partial charge is 0.394 e. The lowest BCUT2D eigenvalue weighted by molar-refractivity contribution is -0.179. The minimum atomic E-state index is -0.890. The summed E-state index contributed by atoms with van der Waals surface area (Å²) in [5.74, 6) is 0.249. The second kappa shape index (κ2) is 16.7. The van der Waals surface area contributed by atoms with Gasteiger partial charge in [0, 0.05) is 6.54 Å². The van der Waals surface area contributed by atoms with Crippen LogP contribution in [0.3, 0.4) is 0 Å². The fourth-order valence-corrected chi connectivity index (χ4v) is 2.77. The van der Waals surface area contributed by atoms with Gasteiger partial charge in [-0.1, -0.05) is 33.6 Å². The summed E-state index contributed by atoms with van der Waals surface area (Å²) < 4.78 is 0. The Morgan fingerprint density at radius 1 is 1.00 bits per heavy atom. The van der Waals surface area contributed by atoms with Crippen LogP contribution in [-0.2, 0) is 14.4 Å². The topological polar surface area (TPSA) is 128 Å². The lowest BCUT2D eigenvalue weighted by atomic mass is 10.0. The molecule has 9 nitrogen and oxygen atoms in total. The third-order valence-electron chi connectivity index (χ3n) is 4.30. The Morgan fingerprint density at radius 3 is 2.14 bits per heavy atom. The molecule has 0 aliphatic rings. The Morgan fingerprint density at radius 2 is 1.68 bits per heavy atom. The number of aliphatic hydroxyl groups excluding tert-OH is 1. The van der Waals surface area contributed by atoms with Crippen LogP contribution >= 0.6 is 0 Å². The smallest absolute Gasteiger partial charge is 0.140 e. The number of carbonyl (C=O) groups is 3. The number of rotatable bonds is 19. The van der Waals surface area contributed by atoms with Gasteiger partial charge in [0.1, 0.15) is 24.9 Å². The first-order chi connectivity index (χ1) is 13.5. The molecule has 0 aromatic heterocycles. The molecule has 0 fully saturated rings. The van der Waals surface area contributed by atoms with Crippen LogP contribution in [0.5, 0.6) is 0 Å². The van der Waals surface area contributed by atoms with Crippen molar-refractivity contribution in [2.45, 2.75) is 77.4 Å². The van der Waals surface area contributed by atoms with E-state index in [2.05, 4.69) is 17.8 Å². The first-order valence-electron chi connectivity index (χ1n) is 10.2. The van der Waals surface area contributed by atoms with Crippen molar-refractivity contribution >= 4 is 18.9 Å². The number of nitrogens with zero attached hydrogens (tertiary/aromatic N) is 2. The fourth-order valence-electron chi connectivity index (χ4n) is 2.77. The van der Waals surface area contributed by atoms with Gasteiger partial charge in [-0.25, -0.2) is 10.9 Å². The Labute approximate surface area is 168 Å². The van der Waals surface area contributed by atoms with Gasteiger partial charge in [-0.05, 0) is 38.1 Å². The standard InChI is InChI=1S/C19H39N5O4/c1-4-5-10-21-23(19(15-28)11-16(2)3)24(22-17(12-25)13-26)18(14-27)8-6-7-9-20/h12,14-19,21-22,26H,4-11,13,20H2,1-3H3/t17-,18+,19+/m1/s1. The maximum atomic E-state index is 11.9. The molecule has 0 rings (SSSR count). The maximum absolute atomic E-state index is 11.9. The molecule has 3 atom stereocenters. The summed E-state index contributed by atoms with van der Waals surface area (Å²) in [5, 5.41) is 12.6. The van der Waals surface area contributed by atoms with Crippen LogP contribution in [-0.4, -0.2) is 72.0 Å². The molecular formula is C19H39N5O4. The molecule has 0 heterocycles. The van der Waals surface area contributed by atoms with E-state index in [1.807, 2.05) is 13.8 Å². The molecular weight excluding hydrogens is 362 g/mol. The quantitative estimate of drug-likeness (QED) is 0.136. The minimum Gasteiger partial charge on any atom is -0.394 e. The number of carbonyl (C=O) groups excluding carboxylic acids is 3. The van der Waals surface area contributed by atoms with E-state index >= 15 is 0 Å². The van der Waals surface area contributed by atoms with E-state index in [-0.39, 0.29) is 5.92 Å². The van der Waals surface area contributed by atoms with Gasteiger partial charge in [-0.15, -0.1) is 0 Å². The van der Waals surface area contributed by atoms with E-state index in [0.29, 0.717) is 32.2 Å². The predicted molar refractivity (Wildman–Crippen MR) is 109 cm³/mol. The van der Waals surface area contributed by atoms with Gasteiger partial charge in [0.05, 0.1) is 18.7 Å². The number of hydrazine groups is 3. The molecule has 0 saturated carbocycles. The Balaban J connectivity index is 5.73. The van der Waals surface area contributed by atoms with Crippen LogP contribution in [0.25, 0.3) is 0 Å². The Bertz CT molecular complexity index is 425. The number of hydrogen-bond acceptors (Lipinski definition) is 9. The summed E-state index contributed by atoms with van der Waals surface area (Å²) in [6.45, 7) is 6.79.